The van der Waals surface area contributed by atoms with Crippen LogP contribution in [-0.2, 0) is 0 Å². The average molecular weight is 203 g/mol. The fraction of sp³-hybridized carbons (Fsp3) is 1.00. The van der Waals surface area contributed by atoms with Gasteiger partial charge in [-0.15, -0.1) is 0 Å². The SMILES string of the molecule is CC.CC.CCCN(CCC)CCC. The zero-order chi connectivity index (χ0) is 11.8. The number of hydrogen-bond acceptors (Lipinski definition) is 1. The van der Waals surface area contributed by atoms with Crippen LogP contribution >= 0.6 is 0 Å². The highest BCUT2D eigenvalue weighted by atomic mass is 15.1. The molecule has 0 fully saturated rings. The van der Waals surface area contributed by atoms with Crippen molar-refractivity contribution in [2.45, 2.75) is 67.7 Å². The van der Waals surface area contributed by atoms with Gasteiger partial charge in [0.2, 0.25) is 0 Å². The van der Waals surface area contributed by atoms with E-state index in [4.69, 9.17) is 0 Å². The van der Waals surface area contributed by atoms with E-state index in [1.54, 1.807) is 0 Å². The molecule has 0 atom stereocenters. The van der Waals surface area contributed by atoms with Crippen molar-refractivity contribution in [2.24, 2.45) is 0 Å². The summed E-state index contributed by atoms with van der Waals surface area (Å²) >= 11 is 0. The Labute approximate surface area is 92.9 Å². The Balaban J connectivity index is -0.000000266. The van der Waals surface area contributed by atoms with Crippen LogP contribution in [-0.4, -0.2) is 24.5 Å². The lowest BCUT2D eigenvalue weighted by molar-refractivity contribution is 0.275. The van der Waals surface area contributed by atoms with Gasteiger partial charge >= 0.3 is 0 Å². The van der Waals surface area contributed by atoms with Gasteiger partial charge in [-0.3, -0.25) is 0 Å². The maximum absolute atomic E-state index is 2.54. The Morgan fingerprint density at radius 2 is 0.786 bits per heavy atom. The predicted molar refractivity (Wildman–Crippen MR) is 70.0 cm³/mol. The quantitative estimate of drug-likeness (QED) is 0.611. The van der Waals surface area contributed by atoms with E-state index in [0.717, 1.165) is 0 Å². The summed E-state index contributed by atoms with van der Waals surface area (Å²) in [5.41, 5.74) is 0. The summed E-state index contributed by atoms with van der Waals surface area (Å²) in [6.07, 6.45) is 3.88. The van der Waals surface area contributed by atoms with E-state index in [2.05, 4.69) is 25.7 Å². The van der Waals surface area contributed by atoms with Gasteiger partial charge in [0.15, 0.2) is 0 Å². The standard InChI is InChI=1S/C9H21N.2C2H6/c1-4-7-10(8-5-2)9-6-3;2*1-2/h4-9H2,1-3H3;2*1-2H3. The molecular formula is C13H33N. The van der Waals surface area contributed by atoms with Crippen molar-refractivity contribution < 1.29 is 0 Å². The minimum absolute atomic E-state index is 1.28. The highest BCUT2D eigenvalue weighted by molar-refractivity contribution is 4.53. The van der Waals surface area contributed by atoms with Crippen molar-refractivity contribution in [3.8, 4) is 0 Å². The van der Waals surface area contributed by atoms with Crippen molar-refractivity contribution in [3.63, 3.8) is 0 Å². The molecule has 0 aliphatic heterocycles. The van der Waals surface area contributed by atoms with Gasteiger partial charge in [-0.05, 0) is 38.9 Å². The van der Waals surface area contributed by atoms with Gasteiger partial charge in [0.1, 0.15) is 0 Å². The molecule has 0 aromatic heterocycles. The second kappa shape index (κ2) is 23.1. The predicted octanol–water partition coefficient (Wildman–Crippen LogP) is 4.57. The number of hydrogen-bond donors (Lipinski definition) is 0. The molecule has 0 spiro atoms. The Bertz CT molecular complexity index is 48.0. The van der Waals surface area contributed by atoms with Crippen molar-refractivity contribution in [3.05, 3.63) is 0 Å². The molecule has 0 radical (unpaired) electrons. The lowest BCUT2D eigenvalue weighted by atomic mass is 10.3. The second-order valence-corrected chi connectivity index (χ2v) is 2.84. The summed E-state index contributed by atoms with van der Waals surface area (Å²) in [7, 11) is 0. The van der Waals surface area contributed by atoms with Crippen LogP contribution in [0.1, 0.15) is 67.7 Å². The largest absolute Gasteiger partial charge is 0.303 e. The van der Waals surface area contributed by atoms with E-state index < -0.39 is 0 Å². The van der Waals surface area contributed by atoms with Crippen molar-refractivity contribution in [1.29, 1.82) is 0 Å². The Kier molecular flexibility index (Phi) is 32.2. The fourth-order valence-corrected chi connectivity index (χ4v) is 1.28. The fourth-order valence-electron chi connectivity index (χ4n) is 1.28. The highest BCUT2D eigenvalue weighted by Crippen LogP contribution is 1.94. The molecule has 0 amide bonds. The molecule has 90 valence electrons. The first-order valence-electron chi connectivity index (χ1n) is 6.57. The molecule has 0 rings (SSSR count). The lowest BCUT2D eigenvalue weighted by Gasteiger charge is -2.19. The van der Waals surface area contributed by atoms with E-state index >= 15 is 0 Å². The summed E-state index contributed by atoms with van der Waals surface area (Å²) in [5.74, 6) is 0. The first kappa shape index (κ1) is 19.5. The molecule has 0 saturated heterocycles. The molecule has 1 heteroatoms. The number of rotatable bonds is 6. The molecule has 0 N–H and O–H groups in total. The zero-order valence-electron chi connectivity index (χ0n) is 11.7. The summed E-state index contributed by atoms with van der Waals surface area (Å²) in [4.78, 5) is 2.54. The summed E-state index contributed by atoms with van der Waals surface area (Å²) in [5, 5.41) is 0. The molecule has 0 heterocycles. The Hall–Kier alpha value is -0.0400. The third-order valence-electron chi connectivity index (χ3n) is 1.62. The number of nitrogens with zero attached hydrogens (tertiary/aromatic N) is 1. The minimum Gasteiger partial charge on any atom is -0.303 e. The van der Waals surface area contributed by atoms with Crippen LogP contribution in [0.2, 0.25) is 0 Å². The Morgan fingerprint density at radius 1 is 0.571 bits per heavy atom. The zero-order valence-corrected chi connectivity index (χ0v) is 11.7. The first-order valence-corrected chi connectivity index (χ1v) is 6.57. The van der Waals surface area contributed by atoms with E-state index in [1.807, 2.05) is 27.7 Å². The van der Waals surface area contributed by atoms with Crippen molar-refractivity contribution >= 4 is 0 Å². The van der Waals surface area contributed by atoms with E-state index in [1.165, 1.54) is 38.9 Å². The topological polar surface area (TPSA) is 3.24 Å². The first-order chi connectivity index (χ1) is 6.85. The van der Waals surface area contributed by atoms with Crippen molar-refractivity contribution in [1.82, 2.24) is 4.90 Å². The lowest BCUT2D eigenvalue weighted by Crippen LogP contribution is -2.25. The van der Waals surface area contributed by atoms with E-state index in [0.29, 0.717) is 0 Å². The molecule has 0 saturated carbocycles. The highest BCUT2D eigenvalue weighted by Gasteiger charge is 1.98. The summed E-state index contributed by atoms with van der Waals surface area (Å²) in [6.45, 7) is 18.6. The van der Waals surface area contributed by atoms with Gasteiger partial charge in [0.05, 0.1) is 0 Å². The molecule has 0 aliphatic carbocycles. The van der Waals surface area contributed by atoms with Gasteiger partial charge in [-0.1, -0.05) is 48.5 Å². The normalized spacial score (nSPS) is 8.57. The molecule has 0 aliphatic rings. The van der Waals surface area contributed by atoms with Crippen LogP contribution in [0.4, 0.5) is 0 Å². The van der Waals surface area contributed by atoms with Crippen LogP contribution in [0, 0.1) is 0 Å². The monoisotopic (exact) mass is 203 g/mol. The van der Waals surface area contributed by atoms with Gasteiger partial charge in [0, 0.05) is 0 Å². The average Bonchev–Trinajstić information content (AvgIpc) is 2.25. The van der Waals surface area contributed by atoms with E-state index in [9.17, 15) is 0 Å². The van der Waals surface area contributed by atoms with Gasteiger partial charge in [-0.2, -0.15) is 0 Å². The van der Waals surface area contributed by atoms with E-state index in [-0.39, 0.29) is 0 Å². The van der Waals surface area contributed by atoms with Gasteiger partial charge < -0.3 is 4.90 Å². The maximum Gasteiger partial charge on any atom is -0.00214 e. The smallest absolute Gasteiger partial charge is 0.00214 e. The van der Waals surface area contributed by atoms with Crippen LogP contribution in [0.15, 0.2) is 0 Å². The van der Waals surface area contributed by atoms with Crippen LogP contribution in [0.5, 0.6) is 0 Å². The maximum atomic E-state index is 2.54. The van der Waals surface area contributed by atoms with Gasteiger partial charge in [0.25, 0.3) is 0 Å². The third-order valence-corrected chi connectivity index (χ3v) is 1.62. The summed E-state index contributed by atoms with van der Waals surface area (Å²) < 4.78 is 0. The Morgan fingerprint density at radius 3 is 0.929 bits per heavy atom. The molecule has 14 heavy (non-hydrogen) atoms. The second-order valence-electron chi connectivity index (χ2n) is 2.84. The molecule has 0 aromatic carbocycles. The van der Waals surface area contributed by atoms with Crippen LogP contribution in [0.3, 0.4) is 0 Å². The van der Waals surface area contributed by atoms with Gasteiger partial charge in [-0.25, -0.2) is 0 Å². The molecule has 1 nitrogen and oxygen atoms in total. The minimum atomic E-state index is 1.28. The molecule has 0 bridgehead atoms. The third kappa shape index (κ3) is 17.9. The molecule has 0 unspecified atom stereocenters. The van der Waals surface area contributed by atoms with Crippen molar-refractivity contribution in [2.75, 3.05) is 19.6 Å². The van der Waals surface area contributed by atoms with Crippen LogP contribution in [0.25, 0.3) is 0 Å². The van der Waals surface area contributed by atoms with Crippen LogP contribution < -0.4 is 0 Å². The molecule has 0 aromatic rings. The molecular weight excluding hydrogens is 170 g/mol. The summed E-state index contributed by atoms with van der Waals surface area (Å²) in [6, 6.07) is 0.